The minimum absolute atomic E-state index is 0.0878. The number of nitrogens with one attached hydrogen (secondary N) is 1. The van der Waals surface area contributed by atoms with Crippen LogP contribution in [0.25, 0.3) is 0 Å². The molecule has 0 saturated carbocycles. The number of carboxylic acids is 1. The summed E-state index contributed by atoms with van der Waals surface area (Å²) < 4.78 is 4.55. The van der Waals surface area contributed by atoms with Gasteiger partial charge in [0.25, 0.3) is 0 Å². The van der Waals surface area contributed by atoms with Gasteiger partial charge in [0, 0.05) is 0 Å². The molecule has 0 aromatic rings. The summed E-state index contributed by atoms with van der Waals surface area (Å²) in [5.74, 6) is -1.36. The number of allylic oxidation sites excluding steroid dienone is 1. The average molecular weight is 173 g/mol. The summed E-state index contributed by atoms with van der Waals surface area (Å²) in [6.07, 6.45) is 2.90. The van der Waals surface area contributed by atoms with Crippen molar-refractivity contribution in [3.8, 4) is 0 Å². The van der Waals surface area contributed by atoms with Crippen molar-refractivity contribution in [2.24, 2.45) is 0 Å². The van der Waals surface area contributed by atoms with Crippen molar-refractivity contribution < 1.29 is 19.4 Å². The van der Waals surface area contributed by atoms with E-state index in [0.717, 1.165) is 0 Å². The van der Waals surface area contributed by atoms with E-state index >= 15 is 0 Å². The highest BCUT2D eigenvalue weighted by molar-refractivity contribution is 5.87. The zero-order valence-electron chi connectivity index (χ0n) is 6.74. The van der Waals surface area contributed by atoms with Crippen molar-refractivity contribution >= 4 is 11.9 Å². The van der Waals surface area contributed by atoms with Crippen LogP contribution in [0.3, 0.4) is 0 Å². The van der Waals surface area contributed by atoms with Crippen molar-refractivity contribution in [3.63, 3.8) is 0 Å². The zero-order chi connectivity index (χ0) is 9.40. The van der Waals surface area contributed by atoms with Crippen molar-refractivity contribution in [1.82, 2.24) is 5.32 Å². The lowest BCUT2D eigenvalue weighted by molar-refractivity contribution is -0.143. The van der Waals surface area contributed by atoms with E-state index in [2.05, 4.69) is 10.1 Å². The molecule has 0 rings (SSSR count). The predicted octanol–water partition coefficient (Wildman–Crippen LogP) is -0.263. The largest absolute Gasteiger partial charge is 0.480 e. The van der Waals surface area contributed by atoms with Crippen LogP contribution in [0.2, 0.25) is 0 Å². The van der Waals surface area contributed by atoms with E-state index < -0.39 is 12.6 Å². The lowest BCUT2D eigenvalue weighted by atomic mass is 10.5. The van der Waals surface area contributed by atoms with Crippen molar-refractivity contribution in [1.29, 1.82) is 0 Å². The Labute approximate surface area is 70.0 Å². The van der Waals surface area contributed by atoms with Gasteiger partial charge >= 0.3 is 5.97 Å². The summed E-state index contributed by atoms with van der Waals surface area (Å²) in [6.45, 7) is 1.21. The first kappa shape index (κ1) is 10.6. The van der Waals surface area contributed by atoms with Gasteiger partial charge in [-0.05, 0) is 13.0 Å². The summed E-state index contributed by atoms with van der Waals surface area (Å²) in [7, 11) is 0. The summed E-state index contributed by atoms with van der Waals surface area (Å²) in [5.41, 5.74) is 0. The Morgan fingerprint density at radius 2 is 2.25 bits per heavy atom. The highest BCUT2D eigenvalue weighted by Gasteiger charge is 1.96. The van der Waals surface area contributed by atoms with Gasteiger partial charge in [-0.25, -0.2) is 4.79 Å². The van der Waals surface area contributed by atoms with Gasteiger partial charge in [-0.3, -0.25) is 4.79 Å². The first-order valence-corrected chi connectivity index (χ1v) is 3.37. The lowest BCUT2D eigenvalue weighted by Gasteiger charge is -2.00. The molecule has 1 amide bonds. The smallest absolute Gasteiger partial charge is 0.329 e. The zero-order valence-corrected chi connectivity index (χ0v) is 6.74. The molecular weight excluding hydrogens is 162 g/mol. The molecule has 2 N–H and O–H groups in total. The Morgan fingerprint density at radius 1 is 1.58 bits per heavy atom. The second-order valence-electron chi connectivity index (χ2n) is 1.93. The standard InChI is InChI=1S/C7H11NO4/c1-2-3-6(9)8-5-12-4-7(10)11/h2-3H,4-5H2,1H3,(H,8,9)(H,10,11). The fourth-order valence-electron chi connectivity index (χ4n) is 0.471. The van der Waals surface area contributed by atoms with Crippen LogP contribution in [-0.4, -0.2) is 30.3 Å². The fraction of sp³-hybridized carbons (Fsp3) is 0.429. The van der Waals surface area contributed by atoms with Crippen LogP contribution < -0.4 is 5.32 Å². The Morgan fingerprint density at radius 3 is 2.75 bits per heavy atom. The molecule has 0 bridgehead atoms. The van der Waals surface area contributed by atoms with E-state index in [1.54, 1.807) is 13.0 Å². The van der Waals surface area contributed by atoms with Gasteiger partial charge in [0.15, 0.2) is 0 Å². The van der Waals surface area contributed by atoms with Gasteiger partial charge in [0.05, 0.1) is 0 Å². The minimum atomic E-state index is -1.06. The molecule has 0 fully saturated rings. The maximum absolute atomic E-state index is 10.7. The molecule has 68 valence electrons. The van der Waals surface area contributed by atoms with Gasteiger partial charge in [-0.1, -0.05) is 6.08 Å². The number of hydrogen-bond donors (Lipinski definition) is 2. The number of ether oxygens (including phenoxy) is 1. The number of rotatable bonds is 5. The molecule has 0 aliphatic rings. The van der Waals surface area contributed by atoms with Gasteiger partial charge in [-0.2, -0.15) is 0 Å². The van der Waals surface area contributed by atoms with E-state index in [0.29, 0.717) is 0 Å². The first-order valence-electron chi connectivity index (χ1n) is 3.37. The molecule has 0 aromatic heterocycles. The van der Waals surface area contributed by atoms with Crippen LogP contribution in [0.15, 0.2) is 12.2 Å². The van der Waals surface area contributed by atoms with Crippen LogP contribution in [0.4, 0.5) is 0 Å². The third-order valence-electron chi connectivity index (χ3n) is 0.892. The van der Waals surface area contributed by atoms with Crippen molar-refractivity contribution in [3.05, 3.63) is 12.2 Å². The van der Waals surface area contributed by atoms with Gasteiger partial charge in [-0.15, -0.1) is 0 Å². The molecule has 0 aromatic carbocycles. The number of carboxylic acid groups (broad SMARTS) is 1. The number of carbonyl (C=O) groups excluding carboxylic acids is 1. The molecule has 0 heterocycles. The summed E-state index contributed by atoms with van der Waals surface area (Å²) in [6, 6.07) is 0. The maximum atomic E-state index is 10.7. The SMILES string of the molecule is CC=CC(=O)NCOCC(=O)O. The lowest BCUT2D eigenvalue weighted by Crippen LogP contribution is -2.25. The third kappa shape index (κ3) is 6.76. The Kier molecular flexibility index (Phi) is 5.64. The third-order valence-corrected chi connectivity index (χ3v) is 0.892. The quantitative estimate of drug-likeness (QED) is 0.341. The van der Waals surface area contributed by atoms with Crippen LogP contribution in [0.5, 0.6) is 0 Å². The van der Waals surface area contributed by atoms with Gasteiger partial charge < -0.3 is 15.2 Å². The molecule has 0 aliphatic heterocycles. The van der Waals surface area contributed by atoms with Crippen LogP contribution in [-0.2, 0) is 14.3 Å². The Hall–Kier alpha value is -1.36. The number of amides is 1. The molecular formula is C7H11NO4. The normalized spacial score (nSPS) is 10.1. The highest BCUT2D eigenvalue weighted by Crippen LogP contribution is 1.74. The van der Waals surface area contributed by atoms with Gasteiger partial charge in [0.1, 0.15) is 13.3 Å². The van der Waals surface area contributed by atoms with E-state index in [4.69, 9.17) is 5.11 Å². The van der Waals surface area contributed by atoms with Crippen molar-refractivity contribution in [2.45, 2.75) is 6.92 Å². The number of hydrogen-bond acceptors (Lipinski definition) is 3. The topological polar surface area (TPSA) is 75.6 Å². The molecule has 0 unspecified atom stereocenters. The maximum Gasteiger partial charge on any atom is 0.329 e. The second kappa shape index (κ2) is 6.36. The minimum Gasteiger partial charge on any atom is -0.480 e. The molecule has 0 radical (unpaired) electrons. The number of aliphatic carboxylic acids is 1. The molecule has 0 saturated heterocycles. The predicted molar refractivity (Wildman–Crippen MR) is 41.4 cm³/mol. The van der Waals surface area contributed by atoms with Crippen LogP contribution in [0.1, 0.15) is 6.92 Å². The van der Waals surface area contributed by atoms with Crippen LogP contribution in [0, 0.1) is 0 Å². The summed E-state index contributed by atoms with van der Waals surface area (Å²) >= 11 is 0. The first-order chi connectivity index (χ1) is 5.66. The molecule has 12 heavy (non-hydrogen) atoms. The van der Waals surface area contributed by atoms with Gasteiger partial charge in [0.2, 0.25) is 5.91 Å². The van der Waals surface area contributed by atoms with Crippen molar-refractivity contribution in [2.75, 3.05) is 13.3 Å². The average Bonchev–Trinajstić information content (AvgIpc) is 1.98. The van der Waals surface area contributed by atoms with E-state index in [1.165, 1.54) is 6.08 Å². The molecule has 0 aliphatic carbocycles. The second-order valence-corrected chi connectivity index (χ2v) is 1.93. The molecule has 0 spiro atoms. The molecule has 0 atom stereocenters. The summed E-state index contributed by atoms with van der Waals surface area (Å²) in [5, 5.41) is 10.5. The highest BCUT2D eigenvalue weighted by atomic mass is 16.5. The number of carbonyl (C=O) groups is 2. The molecule has 5 heteroatoms. The van der Waals surface area contributed by atoms with E-state index in [1.807, 2.05) is 0 Å². The Balaban J connectivity index is 3.31. The van der Waals surface area contributed by atoms with E-state index in [-0.39, 0.29) is 12.6 Å². The Bertz CT molecular complexity index is 188. The molecule has 5 nitrogen and oxygen atoms in total. The monoisotopic (exact) mass is 173 g/mol. The van der Waals surface area contributed by atoms with E-state index in [9.17, 15) is 9.59 Å². The van der Waals surface area contributed by atoms with Crippen LogP contribution >= 0.6 is 0 Å². The summed E-state index contributed by atoms with van der Waals surface area (Å²) in [4.78, 5) is 20.6. The fourth-order valence-corrected chi connectivity index (χ4v) is 0.471.